The van der Waals surface area contributed by atoms with Crippen LogP contribution in [0.1, 0.15) is 38.5 Å². The Bertz CT molecular complexity index is 213. The Hall–Kier alpha value is -0.570. The van der Waals surface area contributed by atoms with Gasteiger partial charge in [0.1, 0.15) is 0 Å². The molecule has 3 heteroatoms. The van der Waals surface area contributed by atoms with E-state index in [1.54, 1.807) is 0 Å². The van der Waals surface area contributed by atoms with Gasteiger partial charge in [-0.2, -0.15) is 0 Å². The molecule has 3 nitrogen and oxygen atoms in total. The molecule has 2 N–H and O–H groups in total. The third-order valence-corrected chi connectivity index (χ3v) is 3.40. The first-order valence-corrected chi connectivity index (χ1v) is 5.72. The highest BCUT2D eigenvalue weighted by Crippen LogP contribution is 2.30. The van der Waals surface area contributed by atoms with Gasteiger partial charge < -0.3 is 10.4 Å². The van der Waals surface area contributed by atoms with Gasteiger partial charge in [0.25, 0.3) is 0 Å². The van der Waals surface area contributed by atoms with Gasteiger partial charge in [-0.15, -0.1) is 0 Å². The van der Waals surface area contributed by atoms with Crippen molar-refractivity contribution in [3.63, 3.8) is 0 Å². The molecular formula is C11H19NO2. The van der Waals surface area contributed by atoms with E-state index in [1.165, 1.54) is 6.42 Å². The first-order valence-electron chi connectivity index (χ1n) is 5.72. The molecule has 2 aliphatic rings. The van der Waals surface area contributed by atoms with E-state index < -0.39 is 0 Å². The SMILES string of the molecule is O=C(NC1CC1)C1CCCCC1CO. The van der Waals surface area contributed by atoms with Crippen LogP contribution in [0.4, 0.5) is 0 Å². The van der Waals surface area contributed by atoms with Crippen molar-refractivity contribution in [3.05, 3.63) is 0 Å². The summed E-state index contributed by atoms with van der Waals surface area (Å²) in [7, 11) is 0. The van der Waals surface area contributed by atoms with E-state index in [-0.39, 0.29) is 24.3 Å². The van der Waals surface area contributed by atoms with Crippen LogP contribution in [0.3, 0.4) is 0 Å². The van der Waals surface area contributed by atoms with Crippen LogP contribution >= 0.6 is 0 Å². The minimum Gasteiger partial charge on any atom is -0.396 e. The average Bonchev–Trinajstić information content (AvgIpc) is 3.01. The minimum atomic E-state index is 0.0781. The number of carbonyl (C=O) groups is 1. The average molecular weight is 197 g/mol. The van der Waals surface area contributed by atoms with Crippen LogP contribution in [0, 0.1) is 11.8 Å². The van der Waals surface area contributed by atoms with Crippen molar-refractivity contribution in [2.75, 3.05) is 6.61 Å². The molecule has 2 unspecified atom stereocenters. The smallest absolute Gasteiger partial charge is 0.223 e. The highest BCUT2D eigenvalue weighted by Gasteiger charge is 2.33. The summed E-state index contributed by atoms with van der Waals surface area (Å²) in [5.74, 6) is 0.475. The second-order valence-corrected chi connectivity index (χ2v) is 4.62. The predicted molar refractivity (Wildman–Crippen MR) is 53.7 cm³/mol. The topological polar surface area (TPSA) is 49.3 Å². The van der Waals surface area contributed by atoms with Crippen LogP contribution in [0.2, 0.25) is 0 Å². The number of aliphatic hydroxyl groups is 1. The van der Waals surface area contributed by atoms with Crippen molar-refractivity contribution in [1.29, 1.82) is 0 Å². The largest absolute Gasteiger partial charge is 0.396 e. The van der Waals surface area contributed by atoms with Crippen LogP contribution in [0.15, 0.2) is 0 Å². The summed E-state index contributed by atoms with van der Waals surface area (Å²) in [4.78, 5) is 11.8. The van der Waals surface area contributed by atoms with Crippen LogP contribution in [-0.4, -0.2) is 23.7 Å². The highest BCUT2D eigenvalue weighted by atomic mass is 16.3. The lowest BCUT2D eigenvalue weighted by Gasteiger charge is -2.29. The minimum absolute atomic E-state index is 0.0781. The zero-order valence-corrected chi connectivity index (χ0v) is 8.54. The molecule has 0 aliphatic heterocycles. The number of amides is 1. The Morgan fingerprint density at radius 3 is 2.57 bits per heavy atom. The molecule has 0 heterocycles. The summed E-state index contributed by atoms with van der Waals surface area (Å²) in [6, 6.07) is 0.448. The van der Waals surface area contributed by atoms with Gasteiger partial charge in [0, 0.05) is 18.6 Å². The number of hydrogen-bond acceptors (Lipinski definition) is 2. The van der Waals surface area contributed by atoms with Crippen molar-refractivity contribution >= 4 is 5.91 Å². The summed E-state index contributed by atoms with van der Waals surface area (Å²) in [5, 5.41) is 12.2. The predicted octanol–water partition coefficient (Wildman–Crippen LogP) is 1.06. The number of rotatable bonds is 3. The Morgan fingerprint density at radius 2 is 1.93 bits per heavy atom. The van der Waals surface area contributed by atoms with Crippen molar-refractivity contribution in [2.24, 2.45) is 11.8 Å². The van der Waals surface area contributed by atoms with Crippen LogP contribution < -0.4 is 5.32 Å². The van der Waals surface area contributed by atoms with Gasteiger partial charge in [0.2, 0.25) is 5.91 Å². The highest BCUT2D eigenvalue weighted by molar-refractivity contribution is 5.79. The maximum absolute atomic E-state index is 11.8. The summed E-state index contributed by atoms with van der Waals surface area (Å²) in [5.41, 5.74) is 0. The number of hydrogen-bond donors (Lipinski definition) is 2. The third-order valence-electron chi connectivity index (χ3n) is 3.40. The zero-order valence-electron chi connectivity index (χ0n) is 8.54. The molecule has 2 saturated carbocycles. The van der Waals surface area contributed by atoms with E-state index in [0.717, 1.165) is 32.1 Å². The third kappa shape index (κ3) is 2.27. The lowest BCUT2D eigenvalue weighted by Crippen LogP contribution is -2.38. The molecule has 0 aromatic heterocycles. The second-order valence-electron chi connectivity index (χ2n) is 4.62. The fourth-order valence-electron chi connectivity index (χ4n) is 2.31. The van der Waals surface area contributed by atoms with Gasteiger partial charge in [0.15, 0.2) is 0 Å². The van der Waals surface area contributed by atoms with E-state index >= 15 is 0 Å². The molecule has 2 fully saturated rings. The normalized spacial score (nSPS) is 32.6. The monoisotopic (exact) mass is 197 g/mol. The molecule has 0 aromatic carbocycles. The van der Waals surface area contributed by atoms with Crippen molar-refractivity contribution in [1.82, 2.24) is 5.32 Å². The van der Waals surface area contributed by atoms with E-state index in [2.05, 4.69) is 5.32 Å². The zero-order chi connectivity index (χ0) is 9.97. The number of aliphatic hydroxyl groups excluding tert-OH is 1. The van der Waals surface area contributed by atoms with E-state index in [0.29, 0.717) is 6.04 Å². The molecule has 80 valence electrons. The van der Waals surface area contributed by atoms with Crippen molar-refractivity contribution in [3.8, 4) is 0 Å². The maximum atomic E-state index is 11.8. The first kappa shape index (κ1) is 9.97. The Kier molecular flexibility index (Phi) is 3.06. The van der Waals surface area contributed by atoms with Gasteiger partial charge in [-0.3, -0.25) is 4.79 Å². The Morgan fingerprint density at radius 1 is 1.21 bits per heavy atom. The molecule has 0 bridgehead atoms. The molecule has 0 radical (unpaired) electrons. The Labute approximate surface area is 84.9 Å². The maximum Gasteiger partial charge on any atom is 0.223 e. The van der Waals surface area contributed by atoms with Crippen LogP contribution in [0.5, 0.6) is 0 Å². The first-order chi connectivity index (χ1) is 6.81. The van der Waals surface area contributed by atoms with Crippen molar-refractivity contribution < 1.29 is 9.90 Å². The number of carbonyl (C=O) groups excluding carboxylic acids is 1. The standard InChI is InChI=1S/C11H19NO2/c13-7-8-3-1-2-4-10(8)11(14)12-9-5-6-9/h8-10,13H,1-7H2,(H,12,14). The van der Waals surface area contributed by atoms with E-state index in [1.807, 2.05) is 0 Å². The van der Waals surface area contributed by atoms with Gasteiger partial charge in [-0.25, -0.2) is 0 Å². The summed E-state index contributed by atoms with van der Waals surface area (Å²) >= 11 is 0. The van der Waals surface area contributed by atoms with Crippen molar-refractivity contribution in [2.45, 2.75) is 44.6 Å². The lowest BCUT2D eigenvalue weighted by atomic mass is 9.79. The summed E-state index contributed by atoms with van der Waals surface area (Å²) in [6.07, 6.45) is 6.56. The fraction of sp³-hybridized carbons (Fsp3) is 0.909. The van der Waals surface area contributed by atoms with E-state index in [4.69, 9.17) is 0 Å². The number of nitrogens with one attached hydrogen (secondary N) is 1. The van der Waals surface area contributed by atoms with Gasteiger partial charge in [0.05, 0.1) is 0 Å². The summed E-state index contributed by atoms with van der Waals surface area (Å²) in [6.45, 7) is 0.169. The fourth-order valence-corrected chi connectivity index (χ4v) is 2.31. The molecule has 0 saturated heterocycles. The Balaban J connectivity index is 1.87. The molecule has 14 heavy (non-hydrogen) atoms. The molecule has 2 atom stereocenters. The molecule has 2 aliphatic carbocycles. The lowest BCUT2D eigenvalue weighted by molar-refractivity contribution is -0.128. The van der Waals surface area contributed by atoms with E-state index in [9.17, 15) is 9.90 Å². The van der Waals surface area contributed by atoms with Gasteiger partial charge in [-0.1, -0.05) is 12.8 Å². The quantitative estimate of drug-likeness (QED) is 0.711. The van der Waals surface area contributed by atoms with Crippen LogP contribution in [0.25, 0.3) is 0 Å². The van der Waals surface area contributed by atoms with Gasteiger partial charge in [-0.05, 0) is 31.6 Å². The van der Waals surface area contributed by atoms with Crippen LogP contribution in [-0.2, 0) is 4.79 Å². The molecule has 2 rings (SSSR count). The summed E-state index contributed by atoms with van der Waals surface area (Å²) < 4.78 is 0. The molecular weight excluding hydrogens is 178 g/mol. The molecule has 0 spiro atoms. The van der Waals surface area contributed by atoms with Gasteiger partial charge >= 0.3 is 0 Å². The second kappa shape index (κ2) is 4.30. The molecule has 1 amide bonds. The molecule has 0 aromatic rings.